The largest absolute Gasteiger partial charge is 0.348 e. The van der Waals surface area contributed by atoms with Gasteiger partial charge >= 0.3 is 0 Å². The Bertz CT molecular complexity index is 604. The summed E-state index contributed by atoms with van der Waals surface area (Å²) >= 11 is 0. The zero-order valence-electron chi connectivity index (χ0n) is 10.3. The molecule has 3 rings (SSSR count). The Kier molecular flexibility index (Phi) is 2.72. The Morgan fingerprint density at radius 3 is 2.61 bits per heavy atom. The van der Waals surface area contributed by atoms with Gasteiger partial charge in [-0.1, -0.05) is 0 Å². The first-order valence-corrected chi connectivity index (χ1v) is 5.90. The zero-order valence-corrected chi connectivity index (χ0v) is 10.3. The summed E-state index contributed by atoms with van der Waals surface area (Å²) in [6.07, 6.45) is 9.88. The van der Waals surface area contributed by atoms with Crippen molar-refractivity contribution in [3.05, 3.63) is 60.7 Å². The predicted molar refractivity (Wildman–Crippen MR) is 68.1 cm³/mol. The standard InChI is InChI=1S/C13H15N5/c1-16-9-12(10-17-6-2-3-7-17)15-13(16)11-18-8-4-5-14-18/h2-9H,10-11H2,1H3. The molecule has 0 aliphatic carbocycles. The van der Waals surface area contributed by atoms with E-state index in [4.69, 9.17) is 0 Å². The minimum Gasteiger partial charge on any atom is -0.348 e. The Morgan fingerprint density at radius 2 is 1.89 bits per heavy atom. The van der Waals surface area contributed by atoms with Crippen molar-refractivity contribution in [1.29, 1.82) is 0 Å². The number of aromatic nitrogens is 5. The number of hydrogen-bond acceptors (Lipinski definition) is 2. The Hall–Kier alpha value is -2.30. The van der Waals surface area contributed by atoms with Crippen LogP contribution in [0.5, 0.6) is 0 Å². The lowest BCUT2D eigenvalue weighted by Crippen LogP contribution is -2.05. The molecule has 0 spiro atoms. The molecule has 0 atom stereocenters. The molecule has 0 saturated carbocycles. The molecule has 0 saturated heterocycles. The van der Waals surface area contributed by atoms with Crippen molar-refractivity contribution in [2.24, 2.45) is 7.05 Å². The molecular formula is C13H15N5. The highest BCUT2D eigenvalue weighted by molar-refractivity contribution is 5.06. The van der Waals surface area contributed by atoms with Crippen LogP contribution in [0.15, 0.2) is 49.2 Å². The van der Waals surface area contributed by atoms with Gasteiger partial charge in [-0.15, -0.1) is 0 Å². The maximum Gasteiger partial charge on any atom is 0.130 e. The summed E-state index contributed by atoms with van der Waals surface area (Å²) in [7, 11) is 2.02. The first kappa shape index (κ1) is 10.8. The molecule has 0 bridgehead atoms. The average Bonchev–Trinajstić information content (AvgIpc) is 3.04. The number of aryl methyl sites for hydroxylation is 1. The van der Waals surface area contributed by atoms with Crippen LogP contribution in [-0.4, -0.2) is 23.9 Å². The van der Waals surface area contributed by atoms with E-state index < -0.39 is 0 Å². The van der Waals surface area contributed by atoms with E-state index in [1.54, 1.807) is 6.20 Å². The second kappa shape index (κ2) is 4.52. The van der Waals surface area contributed by atoms with E-state index >= 15 is 0 Å². The summed E-state index contributed by atoms with van der Waals surface area (Å²) in [5.41, 5.74) is 1.07. The molecule has 5 heteroatoms. The second-order valence-electron chi connectivity index (χ2n) is 4.32. The quantitative estimate of drug-likeness (QED) is 0.694. The first-order valence-electron chi connectivity index (χ1n) is 5.90. The molecule has 0 fully saturated rings. The summed E-state index contributed by atoms with van der Waals surface area (Å²) in [5.74, 6) is 1.01. The third kappa shape index (κ3) is 2.20. The van der Waals surface area contributed by atoms with Gasteiger partial charge in [0.1, 0.15) is 5.82 Å². The molecule has 0 aliphatic rings. The van der Waals surface area contributed by atoms with Crippen molar-refractivity contribution in [1.82, 2.24) is 23.9 Å². The van der Waals surface area contributed by atoms with Gasteiger partial charge in [-0.05, 0) is 18.2 Å². The van der Waals surface area contributed by atoms with Crippen molar-refractivity contribution in [3.63, 3.8) is 0 Å². The maximum absolute atomic E-state index is 4.64. The third-order valence-corrected chi connectivity index (χ3v) is 2.90. The maximum atomic E-state index is 4.64. The van der Waals surface area contributed by atoms with Gasteiger partial charge < -0.3 is 9.13 Å². The lowest BCUT2D eigenvalue weighted by Gasteiger charge is -2.00. The van der Waals surface area contributed by atoms with Crippen LogP contribution in [0.4, 0.5) is 0 Å². The van der Waals surface area contributed by atoms with Crippen LogP contribution in [0.2, 0.25) is 0 Å². The molecule has 3 heterocycles. The van der Waals surface area contributed by atoms with Crippen LogP contribution in [0, 0.1) is 0 Å². The van der Waals surface area contributed by atoms with Gasteiger partial charge in [-0.3, -0.25) is 4.68 Å². The predicted octanol–water partition coefficient (Wildman–Crippen LogP) is 1.51. The summed E-state index contributed by atoms with van der Waals surface area (Å²) in [4.78, 5) is 4.64. The fraction of sp³-hybridized carbons (Fsp3) is 0.231. The average molecular weight is 241 g/mol. The summed E-state index contributed by atoms with van der Waals surface area (Å²) < 4.78 is 6.04. The molecule has 0 aliphatic heterocycles. The van der Waals surface area contributed by atoms with Gasteiger partial charge in [0, 0.05) is 38.0 Å². The number of rotatable bonds is 4. The van der Waals surface area contributed by atoms with Gasteiger partial charge in [-0.25, -0.2) is 4.98 Å². The lowest BCUT2D eigenvalue weighted by molar-refractivity contribution is 0.630. The summed E-state index contributed by atoms with van der Waals surface area (Å²) in [6.45, 7) is 1.51. The molecule has 5 nitrogen and oxygen atoms in total. The molecule has 0 radical (unpaired) electrons. The number of imidazole rings is 1. The fourth-order valence-corrected chi connectivity index (χ4v) is 2.00. The van der Waals surface area contributed by atoms with Crippen LogP contribution in [-0.2, 0) is 20.1 Å². The van der Waals surface area contributed by atoms with E-state index in [1.165, 1.54) is 0 Å². The molecule has 0 N–H and O–H groups in total. The zero-order chi connectivity index (χ0) is 12.4. The molecular weight excluding hydrogens is 226 g/mol. The monoisotopic (exact) mass is 241 g/mol. The third-order valence-electron chi connectivity index (χ3n) is 2.90. The summed E-state index contributed by atoms with van der Waals surface area (Å²) in [5, 5.41) is 4.20. The Morgan fingerprint density at radius 1 is 1.06 bits per heavy atom. The van der Waals surface area contributed by atoms with E-state index in [-0.39, 0.29) is 0 Å². The summed E-state index contributed by atoms with van der Waals surface area (Å²) in [6, 6.07) is 5.96. The van der Waals surface area contributed by atoms with Crippen LogP contribution >= 0.6 is 0 Å². The van der Waals surface area contributed by atoms with Crippen LogP contribution < -0.4 is 0 Å². The van der Waals surface area contributed by atoms with E-state index in [0.717, 1.165) is 18.1 Å². The molecule has 0 unspecified atom stereocenters. The van der Waals surface area contributed by atoms with Gasteiger partial charge in [0.2, 0.25) is 0 Å². The van der Waals surface area contributed by atoms with Crippen molar-refractivity contribution in [2.45, 2.75) is 13.1 Å². The van der Waals surface area contributed by atoms with E-state index in [0.29, 0.717) is 6.54 Å². The van der Waals surface area contributed by atoms with Crippen molar-refractivity contribution in [3.8, 4) is 0 Å². The molecule has 3 aromatic rings. The smallest absolute Gasteiger partial charge is 0.130 e. The Balaban J connectivity index is 1.78. The highest BCUT2D eigenvalue weighted by Crippen LogP contribution is 2.06. The van der Waals surface area contributed by atoms with E-state index in [1.807, 2.05) is 48.5 Å². The van der Waals surface area contributed by atoms with Gasteiger partial charge in [0.15, 0.2) is 0 Å². The highest BCUT2D eigenvalue weighted by atomic mass is 15.3. The minimum atomic E-state index is 0.704. The van der Waals surface area contributed by atoms with Crippen molar-refractivity contribution >= 4 is 0 Å². The van der Waals surface area contributed by atoms with Crippen LogP contribution in [0.1, 0.15) is 11.5 Å². The van der Waals surface area contributed by atoms with Gasteiger partial charge in [-0.2, -0.15) is 5.10 Å². The first-order chi connectivity index (χ1) is 8.81. The molecule has 92 valence electrons. The SMILES string of the molecule is Cn1cc(Cn2cccc2)nc1Cn1cccn1. The van der Waals surface area contributed by atoms with Crippen LogP contribution in [0.3, 0.4) is 0 Å². The topological polar surface area (TPSA) is 40.6 Å². The Labute approximate surface area is 105 Å². The molecule has 3 aromatic heterocycles. The number of nitrogens with zero attached hydrogens (tertiary/aromatic N) is 5. The van der Waals surface area contributed by atoms with Gasteiger partial charge in [0.25, 0.3) is 0 Å². The van der Waals surface area contributed by atoms with Crippen molar-refractivity contribution < 1.29 is 0 Å². The highest BCUT2D eigenvalue weighted by Gasteiger charge is 2.06. The van der Waals surface area contributed by atoms with E-state index in [2.05, 4.69) is 25.4 Å². The van der Waals surface area contributed by atoms with E-state index in [9.17, 15) is 0 Å². The second-order valence-corrected chi connectivity index (χ2v) is 4.32. The minimum absolute atomic E-state index is 0.704. The van der Waals surface area contributed by atoms with Crippen LogP contribution in [0.25, 0.3) is 0 Å². The van der Waals surface area contributed by atoms with Crippen molar-refractivity contribution in [2.75, 3.05) is 0 Å². The molecule has 18 heavy (non-hydrogen) atoms. The lowest BCUT2D eigenvalue weighted by atomic mass is 10.5. The fourth-order valence-electron chi connectivity index (χ4n) is 2.00. The molecule has 0 aromatic carbocycles. The normalized spacial score (nSPS) is 10.9. The number of hydrogen-bond donors (Lipinski definition) is 0. The molecule has 0 amide bonds. The van der Waals surface area contributed by atoms with Gasteiger partial charge in [0.05, 0.1) is 18.8 Å².